The van der Waals surface area contributed by atoms with Gasteiger partial charge in [-0.2, -0.15) is 5.26 Å². The largest absolute Gasteiger partial charge is 0.304 e. The van der Waals surface area contributed by atoms with Crippen molar-refractivity contribution in [2.45, 2.75) is 27.3 Å². The van der Waals surface area contributed by atoms with Crippen molar-refractivity contribution >= 4 is 10.9 Å². The molecule has 0 N–H and O–H groups in total. The van der Waals surface area contributed by atoms with E-state index in [-0.39, 0.29) is 5.56 Å². The van der Waals surface area contributed by atoms with E-state index in [1.807, 2.05) is 32.0 Å². The summed E-state index contributed by atoms with van der Waals surface area (Å²) in [4.78, 5) is 12.6. The first kappa shape index (κ1) is 15.1. The van der Waals surface area contributed by atoms with Gasteiger partial charge in [-0.25, -0.2) is 0 Å². The number of hydrogen-bond donors (Lipinski definition) is 0. The van der Waals surface area contributed by atoms with Crippen molar-refractivity contribution < 1.29 is 0 Å². The molecular formula is C20H18N2O. The van der Waals surface area contributed by atoms with Crippen molar-refractivity contribution in [1.82, 2.24) is 4.57 Å². The van der Waals surface area contributed by atoms with Gasteiger partial charge in [-0.1, -0.05) is 29.8 Å². The van der Waals surface area contributed by atoms with Gasteiger partial charge < -0.3 is 4.57 Å². The number of hydrogen-bond acceptors (Lipinski definition) is 2. The second-order valence-corrected chi connectivity index (χ2v) is 6.00. The minimum absolute atomic E-state index is 0.0327. The first-order chi connectivity index (χ1) is 11.0. The average Bonchev–Trinajstić information content (AvgIpc) is 2.51. The summed E-state index contributed by atoms with van der Waals surface area (Å²) in [5.41, 5.74) is 5.64. The normalized spacial score (nSPS) is 10.7. The first-order valence-corrected chi connectivity index (χ1v) is 7.60. The van der Waals surface area contributed by atoms with Crippen molar-refractivity contribution in [2.24, 2.45) is 0 Å². The number of nitrogens with zero attached hydrogens (tertiary/aromatic N) is 2. The molecule has 3 aromatic rings. The molecule has 0 unspecified atom stereocenters. The molecule has 0 saturated carbocycles. The Morgan fingerprint density at radius 3 is 2.52 bits per heavy atom. The van der Waals surface area contributed by atoms with Crippen molar-refractivity contribution in [1.29, 1.82) is 5.26 Å². The van der Waals surface area contributed by atoms with Gasteiger partial charge in [0.15, 0.2) is 0 Å². The summed E-state index contributed by atoms with van der Waals surface area (Å²) in [6.07, 6.45) is 0. The number of benzene rings is 2. The average molecular weight is 302 g/mol. The minimum Gasteiger partial charge on any atom is -0.304 e. The van der Waals surface area contributed by atoms with Crippen molar-refractivity contribution in [3.63, 3.8) is 0 Å². The number of pyridine rings is 1. The molecule has 1 aromatic heterocycles. The van der Waals surface area contributed by atoms with E-state index < -0.39 is 0 Å². The van der Waals surface area contributed by atoms with Crippen LogP contribution in [0.2, 0.25) is 0 Å². The van der Waals surface area contributed by atoms with E-state index in [0.717, 1.165) is 27.6 Å². The van der Waals surface area contributed by atoms with Crippen LogP contribution in [0.3, 0.4) is 0 Å². The Morgan fingerprint density at radius 2 is 1.78 bits per heavy atom. The van der Waals surface area contributed by atoms with Gasteiger partial charge in [0.25, 0.3) is 5.56 Å². The highest BCUT2D eigenvalue weighted by Gasteiger charge is 2.11. The molecule has 0 saturated heterocycles. The lowest BCUT2D eigenvalue weighted by Gasteiger charge is -2.15. The highest BCUT2D eigenvalue weighted by molar-refractivity contribution is 5.86. The van der Waals surface area contributed by atoms with Crippen LogP contribution in [-0.2, 0) is 6.54 Å². The van der Waals surface area contributed by atoms with Crippen molar-refractivity contribution in [3.05, 3.63) is 80.6 Å². The number of aryl methyl sites for hydroxylation is 3. The van der Waals surface area contributed by atoms with Gasteiger partial charge >= 0.3 is 0 Å². The third kappa shape index (κ3) is 2.64. The molecule has 0 spiro atoms. The number of nitriles is 1. The smallest absolute Gasteiger partial charge is 0.251 e. The number of fused-ring (bicyclic) bond motifs is 1. The van der Waals surface area contributed by atoms with Crippen LogP contribution in [0.25, 0.3) is 10.9 Å². The van der Waals surface area contributed by atoms with E-state index in [2.05, 4.69) is 25.1 Å². The van der Waals surface area contributed by atoms with E-state index in [9.17, 15) is 10.1 Å². The third-order valence-electron chi connectivity index (χ3n) is 4.21. The zero-order chi connectivity index (χ0) is 16.6. The number of aromatic nitrogens is 1. The Morgan fingerprint density at radius 1 is 1.04 bits per heavy atom. The third-order valence-corrected chi connectivity index (χ3v) is 4.21. The van der Waals surface area contributed by atoms with Crippen LogP contribution < -0.4 is 5.56 Å². The molecule has 3 nitrogen and oxygen atoms in total. The van der Waals surface area contributed by atoms with Crippen LogP contribution in [0, 0.1) is 32.1 Å². The van der Waals surface area contributed by atoms with E-state index in [1.54, 1.807) is 16.7 Å². The van der Waals surface area contributed by atoms with Crippen LogP contribution in [0.5, 0.6) is 0 Å². The van der Waals surface area contributed by atoms with Crippen molar-refractivity contribution in [3.8, 4) is 6.07 Å². The van der Waals surface area contributed by atoms with E-state index in [4.69, 9.17) is 0 Å². The summed E-state index contributed by atoms with van der Waals surface area (Å²) in [6.45, 7) is 6.46. The van der Waals surface area contributed by atoms with Crippen molar-refractivity contribution in [2.75, 3.05) is 0 Å². The predicted octanol–water partition coefficient (Wildman–Crippen LogP) is 3.85. The summed E-state index contributed by atoms with van der Waals surface area (Å²) in [5.74, 6) is 0. The fraction of sp³-hybridized carbons (Fsp3) is 0.200. The summed E-state index contributed by atoms with van der Waals surface area (Å²) >= 11 is 0. The molecule has 23 heavy (non-hydrogen) atoms. The molecule has 0 aliphatic carbocycles. The molecule has 0 atom stereocenters. The molecule has 0 radical (unpaired) electrons. The molecule has 0 aliphatic heterocycles. The maximum atomic E-state index is 12.6. The topological polar surface area (TPSA) is 45.8 Å². The Kier molecular flexibility index (Phi) is 3.75. The summed E-state index contributed by atoms with van der Waals surface area (Å²) in [7, 11) is 0. The van der Waals surface area contributed by atoms with Crippen LogP contribution in [0.15, 0.2) is 47.3 Å². The summed E-state index contributed by atoms with van der Waals surface area (Å²) in [5, 5.41) is 10.4. The Bertz CT molecular complexity index is 1010. The molecule has 114 valence electrons. The highest BCUT2D eigenvalue weighted by atomic mass is 16.1. The molecule has 0 aliphatic rings. The predicted molar refractivity (Wildman–Crippen MR) is 92.7 cm³/mol. The standard InChI is InChI=1S/C20H18N2O/c1-13-8-15(3)20-18(9-13)14(2)10-19(23)22(20)12-17-7-5-4-6-16(17)11-21/h4-10H,12H2,1-3H3. The van der Waals surface area contributed by atoms with Gasteiger partial charge in [-0.15, -0.1) is 0 Å². The van der Waals surface area contributed by atoms with Gasteiger partial charge in [-0.3, -0.25) is 4.79 Å². The van der Waals surface area contributed by atoms with Gasteiger partial charge in [-0.05, 0) is 49.6 Å². The minimum atomic E-state index is -0.0327. The van der Waals surface area contributed by atoms with Crippen LogP contribution >= 0.6 is 0 Å². The monoisotopic (exact) mass is 302 g/mol. The van der Waals surface area contributed by atoms with E-state index in [0.29, 0.717) is 12.1 Å². The Balaban J connectivity index is 2.30. The van der Waals surface area contributed by atoms with E-state index in [1.165, 1.54) is 5.56 Å². The first-order valence-electron chi connectivity index (χ1n) is 7.60. The van der Waals surface area contributed by atoms with Crippen LogP contribution in [-0.4, -0.2) is 4.57 Å². The van der Waals surface area contributed by atoms with Crippen LogP contribution in [0.1, 0.15) is 27.8 Å². The van der Waals surface area contributed by atoms with Crippen LogP contribution in [0.4, 0.5) is 0 Å². The number of rotatable bonds is 2. The molecule has 3 rings (SSSR count). The van der Waals surface area contributed by atoms with Gasteiger partial charge in [0.1, 0.15) is 0 Å². The summed E-state index contributed by atoms with van der Waals surface area (Å²) < 4.78 is 1.77. The van der Waals surface area contributed by atoms with Gasteiger partial charge in [0, 0.05) is 11.5 Å². The highest BCUT2D eigenvalue weighted by Crippen LogP contribution is 2.23. The SMILES string of the molecule is Cc1cc(C)c2c(c1)c(C)cc(=O)n2Cc1ccccc1C#N. The Hall–Kier alpha value is -2.86. The maximum Gasteiger partial charge on any atom is 0.251 e. The van der Waals surface area contributed by atoms with Gasteiger partial charge in [0.05, 0.1) is 23.7 Å². The Labute approximate surface area is 135 Å². The molecular weight excluding hydrogens is 284 g/mol. The maximum absolute atomic E-state index is 12.6. The fourth-order valence-corrected chi connectivity index (χ4v) is 3.16. The van der Waals surface area contributed by atoms with E-state index >= 15 is 0 Å². The molecule has 2 aromatic carbocycles. The second-order valence-electron chi connectivity index (χ2n) is 6.00. The lowest BCUT2D eigenvalue weighted by molar-refractivity contribution is 0.788. The zero-order valence-corrected chi connectivity index (χ0v) is 13.6. The molecule has 0 fully saturated rings. The molecule has 3 heteroatoms. The summed E-state index contributed by atoms with van der Waals surface area (Å²) in [6, 6.07) is 15.5. The lowest BCUT2D eigenvalue weighted by atomic mass is 10.0. The fourth-order valence-electron chi connectivity index (χ4n) is 3.16. The van der Waals surface area contributed by atoms with Gasteiger partial charge in [0.2, 0.25) is 0 Å². The second kappa shape index (κ2) is 5.73. The zero-order valence-electron chi connectivity index (χ0n) is 13.6. The quantitative estimate of drug-likeness (QED) is 0.722. The molecule has 0 bridgehead atoms. The lowest BCUT2D eigenvalue weighted by Crippen LogP contribution is -2.22. The molecule has 1 heterocycles. The molecule has 0 amide bonds.